The first-order valence-electron chi connectivity index (χ1n) is 9.21. The van der Waals surface area contributed by atoms with E-state index >= 15 is 0 Å². The maximum absolute atomic E-state index is 11.7. The number of rotatable bonds is 10. The molecule has 0 heterocycles. The maximum atomic E-state index is 11.7. The van der Waals surface area contributed by atoms with Crippen molar-refractivity contribution < 1.29 is 19.1 Å². The SMILES string of the molecule is NC(CCc1ccccc1)OC(=O)/C=C\C(=O)OC(N)CCc1ccccc1. The Bertz CT molecular complexity index is 697. The van der Waals surface area contributed by atoms with Crippen molar-refractivity contribution >= 4 is 11.9 Å². The smallest absolute Gasteiger partial charge is 0.332 e. The van der Waals surface area contributed by atoms with E-state index in [4.69, 9.17) is 20.9 Å². The molecule has 0 aliphatic rings. The van der Waals surface area contributed by atoms with Crippen molar-refractivity contribution in [1.29, 1.82) is 0 Å². The number of carbonyl (C=O) groups excluding carboxylic acids is 2. The van der Waals surface area contributed by atoms with Gasteiger partial charge in [-0.15, -0.1) is 0 Å². The number of nitrogens with two attached hydrogens (primary N) is 2. The molecule has 0 spiro atoms. The van der Waals surface area contributed by atoms with Gasteiger partial charge in [0, 0.05) is 25.0 Å². The third kappa shape index (κ3) is 8.62. The summed E-state index contributed by atoms with van der Waals surface area (Å²) in [5, 5.41) is 0. The average molecular weight is 382 g/mol. The second-order valence-electron chi connectivity index (χ2n) is 6.33. The van der Waals surface area contributed by atoms with Crippen LogP contribution in [-0.4, -0.2) is 24.4 Å². The molecule has 6 heteroatoms. The molecule has 28 heavy (non-hydrogen) atoms. The van der Waals surface area contributed by atoms with E-state index in [2.05, 4.69) is 0 Å². The summed E-state index contributed by atoms with van der Waals surface area (Å²) < 4.78 is 10.1. The van der Waals surface area contributed by atoms with Crippen LogP contribution in [0.25, 0.3) is 0 Å². The van der Waals surface area contributed by atoms with Crippen molar-refractivity contribution in [3.63, 3.8) is 0 Å². The van der Waals surface area contributed by atoms with E-state index in [0.717, 1.165) is 23.3 Å². The number of hydrogen-bond donors (Lipinski definition) is 2. The molecular formula is C22H26N2O4. The predicted octanol–water partition coefficient (Wildman–Crippen LogP) is 2.46. The first-order chi connectivity index (χ1) is 13.5. The summed E-state index contributed by atoms with van der Waals surface area (Å²) in [6, 6.07) is 19.5. The van der Waals surface area contributed by atoms with E-state index in [1.54, 1.807) is 0 Å². The fourth-order valence-corrected chi connectivity index (χ4v) is 2.54. The van der Waals surface area contributed by atoms with Gasteiger partial charge in [0.2, 0.25) is 0 Å². The van der Waals surface area contributed by atoms with E-state index in [9.17, 15) is 9.59 Å². The summed E-state index contributed by atoms with van der Waals surface area (Å²) in [7, 11) is 0. The quantitative estimate of drug-likeness (QED) is 0.372. The summed E-state index contributed by atoms with van der Waals surface area (Å²) >= 11 is 0. The first-order valence-corrected chi connectivity index (χ1v) is 9.21. The Labute approximate surface area is 165 Å². The maximum Gasteiger partial charge on any atom is 0.332 e. The third-order valence-electron chi connectivity index (χ3n) is 4.01. The minimum absolute atomic E-state index is 0.485. The van der Waals surface area contributed by atoms with Gasteiger partial charge in [-0.3, -0.25) is 11.5 Å². The standard InChI is InChI=1S/C22H26N2O4/c23-19(13-11-17-7-3-1-4-8-17)27-21(25)15-16-22(26)28-20(24)14-12-18-9-5-2-6-10-18/h1-10,15-16,19-20H,11-14,23-24H2/b16-15-. The molecule has 0 aliphatic heterocycles. The van der Waals surface area contributed by atoms with E-state index in [0.29, 0.717) is 25.7 Å². The van der Waals surface area contributed by atoms with Crippen LogP contribution < -0.4 is 11.5 Å². The van der Waals surface area contributed by atoms with Gasteiger partial charge >= 0.3 is 11.9 Å². The highest BCUT2D eigenvalue weighted by molar-refractivity contribution is 5.91. The minimum atomic E-state index is -0.749. The van der Waals surface area contributed by atoms with Gasteiger partial charge in [-0.2, -0.15) is 0 Å². The zero-order valence-electron chi connectivity index (χ0n) is 15.7. The number of carbonyl (C=O) groups is 2. The summed E-state index contributed by atoms with van der Waals surface area (Å²) in [4.78, 5) is 23.5. The van der Waals surface area contributed by atoms with Gasteiger partial charge in [-0.25, -0.2) is 9.59 Å². The molecule has 2 unspecified atom stereocenters. The molecule has 0 amide bonds. The van der Waals surface area contributed by atoms with Crippen LogP contribution in [0, 0.1) is 0 Å². The van der Waals surface area contributed by atoms with Gasteiger partial charge in [0.1, 0.15) is 0 Å². The zero-order valence-corrected chi connectivity index (χ0v) is 15.7. The van der Waals surface area contributed by atoms with Gasteiger partial charge in [-0.1, -0.05) is 60.7 Å². The molecule has 0 aliphatic carbocycles. The Hall–Kier alpha value is -2.96. The number of hydrogen-bond acceptors (Lipinski definition) is 6. The van der Waals surface area contributed by atoms with Gasteiger partial charge in [-0.05, 0) is 24.0 Å². The molecule has 0 bridgehead atoms. The molecule has 2 aromatic carbocycles. The fraction of sp³-hybridized carbons (Fsp3) is 0.273. The molecule has 6 nitrogen and oxygen atoms in total. The predicted molar refractivity (Wildman–Crippen MR) is 107 cm³/mol. The van der Waals surface area contributed by atoms with Crippen LogP contribution in [0.1, 0.15) is 24.0 Å². The Morgan fingerprint density at radius 2 is 1.07 bits per heavy atom. The fourth-order valence-electron chi connectivity index (χ4n) is 2.54. The van der Waals surface area contributed by atoms with Crippen molar-refractivity contribution in [3.05, 3.63) is 83.9 Å². The van der Waals surface area contributed by atoms with Crippen LogP contribution in [0.3, 0.4) is 0 Å². The van der Waals surface area contributed by atoms with E-state index in [-0.39, 0.29) is 0 Å². The van der Waals surface area contributed by atoms with Crippen molar-refractivity contribution in [2.24, 2.45) is 11.5 Å². The van der Waals surface area contributed by atoms with Crippen LogP contribution in [0.2, 0.25) is 0 Å². The molecule has 2 aromatic rings. The highest BCUT2D eigenvalue weighted by atomic mass is 16.6. The second-order valence-corrected chi connectivity index (χ2v) is 6.33. The third-order valence-corrected chi connectivity index (χ3v) is 4.01. The Kier molecular flexibility index (Phi) is 8.91. The topological polar surface area (TPSA) is 105 Å². The minimum Gasteiger partial charge on any atom is -0.444 e. The van der Waals surface area contributed by atoms with E-state index in [1.165, 1.54) is 0 Å². The Morgan fingerprint density at radius 1 is 0.714 bits per heavy atom. The van der Waals surface area contributed by atoms with Crippen LogP contribution in [0.15, 0.2) is 72.8 Å². The Morgan fingerprint density at radius 3 is 1.43 bits per heavy atom. The van der Waals surface area contributed by atoms with Gasteiger partial charge < -0.3 is 9.47 Å². The van der Waals surface area contributed by atoms with Gasteiger partial charge in [0.05, 0.1) is 0 Å². The van der Waals surface area contributed by atoms with Crippen molar-refractivity contribution in [3.8, 4) is 0 Å². The normalized spacial score (nSPS) is 13.1. The summed E-state index contributed by atoms with van der Waals surface area (Å²) in [5.41, 5.74) is 13.8. The van der Waals surface area contributed by atoms with Crippen molar-refractivity contribution in [2.75, 3.05) is 0 Å². The molecule has 0 radical (unpaired) electrons. The average Bonchev–Trinajstić information content (AvgIpc) is 2.71. The molecule has 0 fully saturated rings. The van der Waals surface area contributed by atoms with Crippen LogP contribution in [-0.2, 0) is 31.9 Å². The monoisotopic (exact) mass is 382 g/mol. The number of esters is 2. The van der Waals surface area contributed by atoms with Gasteiger partial charge in [0.15, 0.2) is 12.5 Å². The summed E-state index contributed by atoms with van der Waals surface area (Å²) in [5.74, 6) is -1.40. The van der Waals surface area contributed by atoms with Crippen LogP contribution in [0.4, 0.5) is 0 Å². The number of benzene rings is 2. The molecule has 0 saturated carbocycles. The lowest BCUT2D eigenvalue weighted by molar-refractivity contribution is -0.145. The highest BCUT2D eigenvalue weighted by Crippen LogP contribution is 2.06. The highest BCUT2D eigenvalue weighted by Gasteiger charge is 2.10. The molecule has 0 aromatic heterocycles. The van der Waals surface area contributed by atoms with Gasteiger partial charge in [0.25, 0.3) is 0 Å². The number of aryl methyl sites for hydroxylation is 2. The van der Waals surface area contributed by atoms with Crippen LogP contribution >= 0.6 is 0 Å². The molecule has 148 valence electrons. The van der Waals surface area contributed by atoms with Crippen molar-refractivity contribution in [1.82, 2.24) is 0 Å². The number of ether oxygens (including phenoxy) is 2. The summed E-state index contributed by atoms with van der Waals surface area (Å²) in [6.45, 7) is 0. The van der Waals surface area contributed by atoms with Crippen LogP contribution in [0.5, 0.6) is 0 Å². The lowest BCUT2D eigenvalue weighted by Gasteiger charge is -2.12. The largest absolute Gasteiger partial charge is 0.444 e. The lowest BCUT2D eigenvalue weighted by atomic mass is 10.1. The second kappa shape index (κ2) is 11.7. The van der Waals surface area contributed by atoms with E-state index < -0.39 is 24.4 Å². The molecule has 2 atom stereocenters. The first kappa shape index (κ1) is 21.3. The molecule has 4 N–H and O–H groups in total. The summed E-state index contributed by atoms with van der Waals surface area (Å²) in [6.07, 6.45) is 2.84. The van der Waals surface area contributed by atoms with Crippen molar-refractivity contribution in [2.45, 2.75) is 38.1 Å². The van der Waals surface area contributed by atoms with E-state index in [1.807, 2.05) is 60.7 Å². The molecular weight excluding hydrogens is 356 g/mol. The zero-order chi connectivity index (χ0) is 20.2. The lowest BCUT2D eigenvalue weighted by Crippen LogP contribution is -2.28. The molecule has 0 saturated heterocycles. The molecule has 2 rings (SSSR count). The Balaban J connectivity index is 1.65.